The minimum absolute atomic E-state index is 0.837. The van der Waals surface area contributed by atoms with Crippen molar-refractivity contribution < 1.29 is 0 Å². The Labute approximate surface area is 89.1 Å². The second-order valence-electron chi connectivity index (χ2n) is 3.72. The van der Waals surface area contributed by atoms with Crippen molar-refractivity contribution in [3.05, 3.63) is 6.92 Å². The molecule has 0 N–H and O–H groups in total. The van der Waals surface area contributed by atoms with E-state index in [1.165, 1.54) is 57.8 Å². The molecule has 0 aliphatic rings. The number of hydrogen-bond donors (Lipinski definition) is 0. The first kappa shape index (κ1) is 13.3. The van der Waals surface area contributed by atoms with Gasteiger partial charge in [0.05, 0.1) is 0 Å². The molecule has 0 amide bonds. The van der Waals surface area contributed by atoms with Crippen LogP contribution in [0.5, 0.6) is 0 Å². The molecular formula is C12H24Cl. The maximum absolute atomic E-state index is 5.59. The highest BCUT2D eigenvalue weighted by Crippen LogP contribution is 2.10. The monoisotopic (exact) mass is 203 g/mol. The van der Waals surface area contributed by atoms with Crippen LogP contribution in [-0.2, 0) is 0 Å². The van der Waals surface area contributed by atoms with E-state index in [4.69, 9.17) is 11.6 Å². The molecule has 13 heavy (non-hydrogen) atoms. The van der Waals surface area contributed by atoms with E-state index >= 15 is 0 Å². The van der Waals surface area contributed by atoms with E-state index < -0.39 is 0 Å². The first-order chi connectivity index (χ1) is 6.41. The van der Waals surface area contributed by atoms with Crippen molar-refractivity contribution in [1.29, 1.82) is 0 Å². The largest absolute Gasteiger partial charge is 0.127 e. The summed E-state index contributed by atoms with van der Waals surface area (Å²) in [4.78, 5) is 0. The van der Waals surface area contributed by atoms with Gasteiger partial charge < -0.3 is 0 Å². The Kier molecular flexibility index (Phi) is 12.6. The maximum atomic E-state index is 5.59. The third kappa shape index (κ3) is 12.3. The van der Waals surface area contributed by atoms with E-state index in [0.717, 1.165) is 12.3 Å². The van der Waals surface area contributed by atoms with Crippen LogP contribution in [0.2, 0.25) is 0 Å². The third-order valence-electron chi connectivity index (χ3n) is 2.38. The number of halogens is 1. The molecule has 0 heterocycles. The first-order valence-corrected chi connectivity index (χ1v) is 6.30. The van der Waals surface area contributed by atoms with Crippen LogP contribution in [0.15, 0.2) is 0 Å². The molecule has 0 rings (SSSR count). The molecule has 0 aromatic heterocycles. The highest BCUT2D eigenvalue weighted by molar-refractivity contribution is 6.17. The SMILES string of the molecule is [CH2]CCCCCCCCCCCCl. The van der Waals surface area contributed by atoms with Gasteiger partial charge in [-0.05, 0) is 6.42 Å². The summed E-state index contributed by atoms with van der Waals surface area (Å²) in [5, 5.41) is 0. The molecule has 79 valence electrons. The van der Waals surface area contributed by atoms with Crippen molar-refractivity contribution in [2.75, 3.05) is 5.88 Å². The van der Waals surface area contributed by atoms with E-state index in [1.807, 2.05) is 0 Å². The molecule has 0 saturated carbocycles. The summed E-state index contributed by atoms with van der Waals surface area (Å²) in [6.07, 6.45) is 13.3. The lowest BCUT2D eigenvalue weighted by Crippen LogP contribution is -1.81. The van der Waals surface area contributed by atoms with Gasteiger partial charge in [0.15, 0.2) is 0 Å². The summed E-state index contributed by atoms with van der Waals surface area (Å²) in [5.74, 6) is 0.837. The van der Waals surface area contributed by atoms with E-state index in [9.17, 15) is 0 Å². The van der Waals surface area contributed by atoms with Gasteiger partial charge in [0, 0.05) is 5.88 Å². The Morgan fingerprint density at radius 2 is 1.00 bits per heavy atom. The molecule has 1 heteroatoms. The molecular weight excluding hydrogens is 180 g/mol. The van der Waals surface area contributed by atoms with E-state index in [1.54, 1.807) is 0 Å². The molecule has 0 fully saturated rings. The van der Waals surface area contributed by atoms with E-state index in [0.29, 0.717) is 0 Å². The Bertz CT molecular complexity index is 71.2. The van der Waals surface area contributed by atoms with Gasteiger partial charge in [-0.15, -0.1) is 11.6 Å². The normalized spacial score (nSPS) is 10.6. The molecule has 0 unspecified atom stereocenters. The Balaban J connectivity index is 2.76. The molecule has 0 aromatic rings. The van der Waals surface area contributed by atoms with Crippen molar-refractivity contribution in [3.8, 4) is 0 Å². The van der Waals surface area contributed by atoms with Crippen LogP contribution in [0.1, 0.15) is 64.2 Å². The molecule has 0 nitrogen and oxygen atoms in total. The van der Waals surface area contributed by atoms with Gasteiger partial charge >= 0.3 is 0 Å². The molecule has 0 aliphatic carbocycles. The lowest BCUT2D eigenvalue weighted by Gasteiger charge is -2.00. The van der Waals surface area contributed by atoms with Crippen LogP contribution in [0.25, 0.3) is 0 Å². The molecule has 0 bridgehead atoms. The minimum atomic E-state index is 0.837. The minimum Gasteiger partial charge on any atom is -0.127 e. The van der Waals surface area contributed by atoms with Crippen LogP contribution in [0.4, 0.5) is 0 Å². The summed E-state index contributed by atoms with van der Waals surface area (Å²) in [7, 11) is 0. The van der Waals surface area contributed by atoms with Crippen LogP contribution in [0.3, 0.4) is 0 Å². The summed E-state index contributed by atoms with van der Waals surface area (Å²) in [6, 6.07) is 0. The molecule has 0 aliphatic heterocycles. The molecule has 0 spiro atoms. The quantitative estimate of drug-likeness (QED) is 0.348. The van der Waals surface area contributed by atoms with Crippen molar-refractivity contribution in [2.24, 2.45) is 0 Å². The fourth-order valence-corrected chi connectivity index (χ4v) is 1.70. The molecule has 1 radical (unpaired) electrons. The Morgan fingerprint density at radius 1 is 0.615 bits per heavy atom. The third-order valence-corrected chi connectivity index (χ3v) is 2.65. The lowest BCUT2D eigenvalue weighted by atomic mass is 10.1. The van der Waals surface area contributed by atoms with E-state index in [2.05, 4.69) is 6.92 Å². The van der Waals surface area contributed by atoms with Gasteiger partial charge in [-0.1, -0.05) is 64.7 Å². The molecule has 0 saturated heterocycles. The van der Waals surface area contributed by atoms with Crippen molar-refractivity contribution in [1.82, 2.24) is 0 Å². The zero-order valence-electron chi connectivity index (χ0n) is 8.86. The first-order valence-electron chi connectivity index (χ1n) is 5.77. The standard InChI is InChI=1S/C12H24Cl/c1-2-3-4-5-6-7-8-9-10-11-12-13/h1-12H2. The molecule has 0 aromatic carbocycles. The number of unbranched alkanes of at least 4 members (excludes halogenated alkanes) is 9. The zero-order valence-corrected chi connectivity index (χ0v) is 9.62. The van der Waals surface area contributed by atoms with Crippen molar-refractivity contribution in [3.63, 3.8) is 0 Å². The van der Waals surface area contributed by atoms with Crippen LogP contribution in [0, 0.1) is 6.92 Å². The van der Waals surface area contributed by atoms with Crippen LogP contribution in [-0.4, -0.2) is 5.88 Å². The number of hydrogen-bond acceptors (Lipinski definition) is 0. The fraction of sp³-hybridized carbons (Fsp3) is 0.917. The van der Waals surface area contributed by atoms with Crippen LogP contribution < -0.4 is 0 Å². The van der Waals surface area contributed by atoms with Gasteiger partial charge in [0.2, 0.25) is 0 Å². The summed E-state index contributed by atoms with van der Waals surface area (Å²) >= 11 is 5.59. The fourth-order valence-electron chi connectivity index (χ4n) is 1.51. The molecule has 0 atom stereocenters. The maximum Gasteiger partial charge on any atom is 0.0223 e. The average molecular weight is 204 g/mol. The smallest absolute Gasteiger partial charge is 0.0223 e. The number of rotatable bonds is 10. The van der Waals surface area contributed by atoms with Gasteiger partial charge in [-0.25, -0.2) is 0 Å². The summed E-state index contributed by atoms with van der Waals surface area (Å²) < 4.78 is 0. The van der Waals surface area contributed by atoms with Gasteiger partial charge in [0.25, 0.3) is 0 Å². The highest BCUT2D eigenvalue weighted by Gasteiger charge is 1.91. The topological polar surface area (TPSA) is 0 Å². The number of alkyl halides is 1. The van der Waals surface area contributed by atoms with Gasteiger partial charge in [0.1, 0.15) is 0 Å². The zero-order chi connectivity index (χ0) is 9.78. The predicted molar refractivity (Wildman–Crippen MR) is 62.2 cm³/mol. The Hall–Kier alpha value is 0.290. The summed E-state index contributed by atoms with van der Waals surface area (Å²) in [5.41, 5.74) is 0. The predicted octanol–water partition coefficient (Wildman–Crippen LogP) is 4.96. The second-order valence-corrected chi connectivity index (χ2v) is 4.10. The van der Waals surface area contributed by atoms with E-state index in [-0.39, 0.29) is 0 Å². The van der Waals surface area contributed by atoms with Crippen molar-refractivity contribution >= 4 is 11.6 Å². The second kappa shape index (κ2) is 12.3. The van der Waals surface area contributed by atoms with Gasteiger partial charge in [-0.3, -0.25) is 0 Å². The highest BCUT2D eigenvalue weighted by atomic mass is 35.5. The summed E-state index contributed by atoms with van der Waals surface area (Å²) in [6.45, 7) is 3.84. The average Bonchev–Trinajstić information content (AvgIpc) is 2.16. The van der Waals surface area contributed by atoms with Crippen molar-refractivity contribution in [2.45, 2.75) is 64.2 Å². The Morgan fingerprint density at radius 3 is 1.38 bits per heavy atom. The van der Waals surface area contributed by atoms with Crippen LogP contribution >= 0.6 is 11.6 Å². The van der Waals surface area contributed by atoms with Gasteiger partial charge in [-0.2, -0.15) is 0 Å². The lowest BCUT2D eigenvalue weighted by molar-refractivity contribution is 0.567.